The molecule has 0 saturated heterocycles. The minimum absolute atomic E-state index is 0.309. The van der Waals surface area contributed by atoms with Gasteiger partial charge in [0.25, 0.3) is 0 Å². The van der Waals surface area contributed by atoms with Gasteiger partial charge < -0.3 is 10.4 Å². The molecule has 2 heteroatoms. The lowest BCUT2D eigenvalue weighted by atomic mass is 9.69. The highest BCUT2D eigenvalue weighted by molar-refractivity contribution is 5.12. The van der Waals surface area contributed by atoms with Crippen molar-refractivity contribution in [3.05, 3.63) is 0 Å². The van der Waals surface area contributed by atoms with E-state index in [9.17, 15) is 0 Å². The quantitative estimate of drug-likeness (QED) is 0.699. The first-order valence-corrected chi connectivity index (χ1v) is 6.36. The second kappa shape index (κ2) is 3.74. The molecule has 2 aliphatic rings. The lowest BCUT2D eigenvalue weighted by Crippen LogP contribution is -2.44. The van der Waals surface area contributed by atoms with Gasteiger partial charge in [-0.25, -0.2) is 0 Å². The van der Waals surface area contributed by atoms with E-state index in [2.05, 4.69) is 26.1 Å². The molecule has 3 atom stereocenters. The van der Waals surface area contributed by atoms with Gasteiger partial charge in [0.2, 0.25) is 0 Å². The third-order valence-electron chi connectivity index (χ3n) is 5.52. The normalized spacial score (nSPS) is 42.4. The highest BCUT2D eigenvalue weighted by atomic mass is 16.3. The summed E-state index contributed by atoms with van der Waals surface area (Å²) in [4.78, 5) is 0. The minimum Gasteiger partial charge on any atom is -0.396 e. The molecule has 2 nitrogen and oxygen atoms in total. The summed E-state index contributed by atoms with van der Waals surface area (Å²) >= 11 is 0. The van der Waals surface area contributed by atoms with Crippen LogP contribution < -0.4 is 5.32 Å². The smallest absolute Gasteiger partial charge is 0.0443 e. The molecule has 0 aromatic rings. The maximum Gasteiger partial charge on any atom is 0.0443 e. The van der Waals surface area contributed by atoms with Crippen LogP contribution in [0.3, 0.4) is 0 Å². The van der Waals surface area contributed by atoms with Crippen molar-refractivity contribution in [1.82, 2.24) is 5.32 Å². The van der Waals surface area contributed by atoms with E-state index < -0.39 is 0 Å². The molecule has 2 rings (SSSR count). The average Bonchev–Trinajstić information content (AvgIpc) is 2.51. The molecule has 2 fully saturated rings. The van der Waals surface area contributed by atoms with Gasteiger partial charge in [0.05, 0.1) is 0 Å². The van der Waals surface area contributed by atoms with Crippen molar-refractivity contribution in [1.29, 1.82) is 0 Å². The number of hydrogen-bond acceptors (Lipinski definition) is 2. The van der Waals surface area contributed by atoms with Gasteiger partial charge in [-0.05, 0) is 49.0 Å². The van der Waals surface area contributed by atoms with Crippen LogP contribution in [0, 0.1) is 16.7 Å². The van der Waals surface area contributed by atoms with Crippen molar-refractivity contribution >= 4 is 0 Å². The van der Waals surface area contributed by atoms with E-state index in [-0.39, 0.29) is 0 Å². The summed E-state index contributed by atoms with van der Waals surface area (Å²) in [5.74, 6) is 0.911. The highest BCUT2D eigenvalue weighted by Gasteiger charge is 2.60. The summed E-state index contributed by atoms with van der Waals surface area (Å²) in [7, 11) is 0. The fraction of sp³-hybridized carbons (Fsp3) is 1.00. The summed E-state index contributed by atoms with van der Waals surface area (Å²) in [5.41, 5.74) is 0.983. The van der Waals surface area contributed by atoms with Crippen LogP contribution in [-0.2, 0) is 0 Å². The summed E-state index contributed by atoms with van der Waals surface area (Å²) in [5, 5.41) is 12.4. The van der Waals surface area contributed by atoms with Crippen molar-refractivity contribution in [2.24, 2.45) is 16.7 Å². The Balaban J connectivity index is 1.99. The Labute approximate surface area is 93.5 Å². The van der Waals surface area contributed by atoms with E-state index in [0.717, 1.165) is 18.9 Å². The molecule has 0 aromatic carbocycles. The number of hydrogen-bond donors (Lipinski definition) is 2. The SMILES string of the molecule is CC1(C)[C@H]2CC[C@]1(C)[C@H](NCCCO)C2. The van der Waals surface area contributed by atoms with Crippen LogP contribution in [0.2, 0.25) is 0 Å². The molecule has 0 amide bonds. The lowest BCUT2D eigenvalue weighted by Gasteiger charge is -2.39. The molecule has 0 unspecified atom stereocenters. The van der Waals surface area contributed by atoms with Crippen LogP contribution in [-0.4, -0.2) is 24.3 Å². The van der Waals surface area contributed by atoms with Crippen LogP contribution in [0.15, 0.2) is 0 Å². The third-order valence-corrected chi connectivity index (χ3v) is 5.52. The maximum absolute atomic E-state index is 8.80. The van der Waals surface area contributed by atoms with Gasteiger partial charge in [0.15, 0.2) is 0 Å². The van der Waals surface area contributed by atoms with Crippen LogP contribution in [0.1, 0.15) is 46.5 Å². The Kier molecular flexibility index (Phi) is 2.85. The van der Waals surface area contributed by atoms with Crippen LogP contribution in [0.4, 0.5) is 0 Å². The van der Waals surface area contributed by atoms with Crippen molar-refractivity contribution in [3.8, 4) is 0 Å². The van der Waals surface area contributed by atoms with Gasteiger partial charge in [0, 0.05) is 12.6 Å². The van der Waals surface area contributed by atoms with Gasteiger partial charge >= 0.3 is 0 Å². The maximum atomic E-state index is 8.80. The Hall–Kier alpha value is -0.0800. The predicted molar refractivity (Wildman–Crippen MR) is 62.7 cm³/mol. The van der Waals surface area contributed by atoms with Crippen LogP contribution in [0.5, 0.6) is 0 Å². The van der Waals surface area contributed by atoms with E-state index >= 15 is 0 Å². The largest absolute Gasteiger partial charge is 0.396 e. The lowest BCUT2D eigenvalue weighted by molar-refractivity contribution is 0.120. The Morgan fingerprint density at radius 3 is 2.53 bits per heavy atom. The Morgan fingerprint density at radius 1 is 1.33 bits per heavy atom. The van der Waals surface area contributed by atoms with Crippen molar-refractivity contribution < 1.29 is 5.11 Å². The number of aliphatic hydroxyl groups is 1. The highest BCUT2D eigenvalue weighted by Crippen LogP contribution is 2.65. The molecule has 2 aliphatic carbocycles. The fourth-order valence-electron chi connectivity index (χ4n) is 3.87. The Morgan fingerprint density at radius 2 is 2.07 bits per heavy atom. The van der Waals surface area contributed by atoms with Gasteiger partial charge in [-0.2, -0.15) is 0 Å². The molecular formula is C13H25NO. The van der Waals surface area contributed by atoms with Crippen LogP contribution >= 0.6 is 0 Å². The zero-order chi connectivity index (χ0) is 11.1. The molecule has 2 bridgehead atoms. The number of fused-ring (bicyclic) bond motifs is 2. The number of rotatable bonds is 4. The first-order chi connectivity index (χ1) is 7.02. The fourth-order valence-corrected chi connectivity index (χ4v) is 3.87. The molecule has 0 spiro atoms. The Bertz CT molecular complexity index is 239. The molecule has 0 aromatic heterocycles. The van der Waals surface area contributed by atoms with Crippen molar-refractivity contribution in [3.63, 3.8) is 0 Å². The summed E-state index contributed by atoms with van der Waals surface area (Å²) in [6.45, 7) is 8.62. The van der Waals surface area contributed by atoms with Gasteiger partial charge in [-0.3, -0.25) is 0 Å². The third kappa shape index (κ3) is 1.53. The molecule has 2 saturated carbocycles. The molecule has 0 heterocycles. The molecule has 2 N–H and O–H groups in total. The van der Waals surface area contributed by atoms with Gasteiger partial charge in [-0.15, -0.1) is 0 Å². The minimum atomic E-state index is 0.309. The first-order valence-electron chi connectivity index (χ1n) is 6.36. The van der Waals surface area contributed by atoms with E-state index in [1.807, 2.05) is 0 Å². The molecule has 0 aliphatic heterocycles. The second-order valence-electron chi connectivity index (χ2n) is 6.19. The van der Waals surface area contributed by atoms with E-state index in [1.165, 1.54) is 19.3 Å². The molecule has 15 heavy (non-hydrogen) atoms. The summed E-state index contributed by atoms with van der Waals surface area (Å²) in [6, 6.07) is 0.679. The molecular weight excluding hydrogens is 186 g/mol. The standard InChI is InChI=1S/C13H25NO/c1-12(2)10-5-6-13(12,3)11(9-10)14-7-4-8-15/h10-11,14-15H,4-9H2,1-3H3/t10-,11+,13+/m0/s1. The van der Waals surface area contributed by atoms with Gasteiger partial charge in [-0.1, -0.05) is 20.8 Å². The average molecular weight is 211 g/mol. The number of nitrogens with one attached hydrogen (secondary N) is 1. The van der Waals surface area contributed by atoms with Crippen LogP contribution in [0.25, 0.3) is 0 Å². The van der Waals surface area contributed by atoms with E-state index in [4.69, 9.17) is 5.11 Å². The van der Waals surface area contributed by atoms with E-state index in [0.29, 0.717) is 23.5 Å². The summed E-state index contributed by atoms with van der Waals surface area (Å²) < 4.78 is 0. The molecule has 88 valence electrons. The first kappa shape index (κ1) is 11.4. The molecule has 0 radical (unpaired) electrons. The second-order valence-corrected chi connectivity index (χ2v) is 6.19. The van der Waals surface area contributed by atoms with Crippen molar-refractivity contribution in [2.75, 3.05) is 13.2 Å². The predicted octanol–water partition coefficient (Wildman–Crippen LogP) is 2.17. The number of aliphatic hydroxyl groups excluding tert-OH is 1. The summed E-state index contributed by atoms with van der Waals surface area (Å²) in [6.07, 6.45) is 5.02. The van der Waals surface area contributed by atoms with Gasteiger partial charge in [0.1, 0.15) is 0 Å². The van der Waals surface area contributed by atoms with E-state index in [1.54, 1.807) is 0 Å². The van der Waals surface area contributed by atoms with Crippen molar-refractivity contribution in [2.45, 2.75) is 52.5 Å². The topological polar surface area (TPSA) is 32.3 Å². The zero-order valence-corrected chi connectivity index (χ0v) is 10.3. The zero-order valence-electron chi connectivity index (χ0n) is 10.3. The monoisotopic (exact) mass is 211 g/mol.